The minimum atomic E-state index is -0.468. The molecule has 0 saturated carbocycles. The molecule has 1 aromatic heterocycles. The van der Waals surface area contributed by atoms with Crippen LogP contribution in [0.2, 0.25) is 0 Å². The average molecular weight is 357 g/mol. The Morgan fingerprint density at radius 1 is 1.07 bits per heavy atom. The van der Waals surface area contributed by atoms with Crippen molar-refractivity contribution in [2.45, 2.75) is 6.61 Å². The maximum absolute atomic E-state index is 10.7. The first-order chi connectivity index (χ1) is 13.2. The lowest BCUT2D eigenvalue weighted by atomic mass is 10.0. The molecule has 0 spiro atoms. The van der Waals surface area contributed by atoms with Crippen LogP contribution in [0, 0.1) is 21.4 Å². The topological polar surface area (TPSA) is 89.0 Å². The van der Waals surface area contributed by atoms with E-state index < -0.39 is 4.92 Å². The summed E-state index contributed by atoms with van der Waals surface area (Å²) in [6.07, 6.45) is 5.16. The second kappa shape index (κ2) is 8.41. The van der Waals surface area contributed by atoms with Gasteiger partial charge in [-0.2, -0.15) is 5.26 Å². The molecule has 132 valence electrons. The number of nitrogens with zero attached hydrogens (tertiary/aromatic N) is 3. The fraction of sp³-hybridized carbons (Fsp3) is 0.0476. The van der Waals surface area contributed by atoms with Crippen LogP contribution in [-0.4, -0.2) is 9.91 Å². The lowest BCUT2D eigenvalue weighted by Gasteiger charge is -2.06. The highest BCUT2D eigenvalue weighted by Gasteiger charge is 2.07. The molecule has 0 fully saturated rings. The Labute approximate surface area is 156 Å². The molecular formula is C21H15N3O3. The Morgan fingerprint density at radius 3 is 2.33 bits per heavy atom. The third-order valence-corrected chi connectivity index (χ3v) is 3.86. The van der Waals surface area contributed by atoms with Gasteiger partial charge in [0.15, 0.2) is 0 Å². The molecule has 3 rings (SSSR count). The summed E-state index contributed by atoms with van der Waals surface area (Å²) in [4.78, 5) is 14.2. The summed E-state index contributed by atoms with van der Waals surface area (Å²) in [6.45, 7) is 0.448. The van der Waals surface area contributed by atoms with Crippen LogP contribution in [0.3, 0.4) is 0 Å². The van der Waals surface area contributed by atoms with Crippen molar-refractivity contribution >= 4 is 17.3 Å². The van der Waals surface area contributed by atoms with Gasteiger partial charge in [-0.1, -0.05) is 12.1 Å². The van der Waals surface area contributed by atoms with E-state index in [1.54, 1.807) is 30.6 Å². The molecule has 2 aromatic carbocycles. The normalized spacial score (nSPS) is 10.9. The predicted molar refractivity (Wildman–Crippen MR) is 102 cm³/mol. The van der Waals surface area contributed by atoms with E-state index in [2.05, 4.69) is 11.1 Å². The molecule has 0 atom stereocenters. The van der Waals surface area contributed by atoms with Crippen molar-refractivity contribution in [1.82, 2.24) is 4.98 Å². The zero-order valence-electron chi connectivity index (χ0n) is 14.3. The van der Waals surface area contributed by atoms with Crippen LogP contribution in [0.5, 0.6) is 5.75 Å². The summed E-state index contributed by atoms with van der Waals surface area (Å²) in [6, 6.07) is 19.2. The van der Waals surface area contributed by atoms with Gasteiger partial charge in [-0.05, 0) is 59.2 Å². The van der Waals surface area contributed by atoms with Crippen LogP contribution >= 0.6 is 0 Å². The van der Waals surface area contributed by atoms with Crippen LogP contribution in [0.4, 0.5) is 5.69 Å². The number of allylic oxidation sites excluding steroid dienone is 1. The number of hydrogen-bond donors (Lipinski definition) is 0. The Bertz CT molecular complexity index is 990. The van der Waals surface area contributed by atoms with Crippen molar-refractivity contribution < 1.29 is 9.66 Å². The molecule has 0 amide bonds. The maximum atomic E-state index is 10.7. The van der Waals surface area contributed by atoms with Crippen LogP contribution in [0.15, 0.2) is 73.1 Å². The Morgan fingerprint density at radius 2 is 1.74 bits per heavy atom. The lowest BCUT2D eigenvalue weighted by molar-refractivity contribution is -0.384. The van der Waals surface area contributed by atoms with Gasteiger partial charge >= 0.3 is 0 Å². The summed E-state index contributed by atoms with van der Waals surface area (Å²) in [5.41, 5.74) is 2.91. The molecule has 0 aliphatic carbocycles. The molecule has 0 radical (unpaired) electrons. The number of non-ortho nitro benzene ring substituents is 1. The van der Waals surface area contributed by atoms with Crippen molar-refractivity contribution in [1.29, 1.82) is 5.26 Å². The smallest absolute Gasteiger partial charge is 0.269 e. The first-order valence-electron chi connectivity index (χ1n) is 8.14. The van der Waals surface area contributed by atoms with Gasteiger partial charge in [0.25, 0.3) is 5.69 Å². The van der Waals surface area contributed by atoms with Gasteiger partial charge in [0, 0.05) is 24.5 Å². The molecule has 0 N–H and O–H groups in total. The van der Waals surface area contributed by atoms with Crippen molar-refractivity contribution in [3.8, 4) is 11.8 Å². The van der Waals surface area contributed by atoms with Gasteiger partial charge in [0.2, 0.25) is 0 Å². The minimum absolute atomic E-state index is 0.00765. The molecule has 0 bridgehead atoms. The molecule has 6 heteroatoms. The molecule has 0 saturated heterocycles. The van der Waals surface area contributed by atoms with Gasteiger partial charge in [0.1, 0.15) is 12.4 Å². The van der Waals surface area contributed by atoms with Crippen LogP contribution in [-0.2, 0) is 6.61 Å². The van der Waals surface area contributed by atoms with E-state index in [9.17, 15) is 15.4 Å². The minimum Gasteiger partial charge on any atom is -0.489 e. The molecule has 0 unspecified atom stereocenters. The zero-order valence-corrected chi connectivity index (χ0v) is 14.3. The number of ether oxygens (including phenoxy) is 1. The molecular weight excluding hydrogens is 342 g/mol. The van der Waals surface area contributed by atoms with E-state index in [4.69, 9.17) is 4.74 Å². The Hall–Kier alpha value is -3.98. The second-order valence-corrected chi connectivity index (χ2v) is 5.69. The number of nitro benzene ring substituents is 1. The third kappa shape index (κ3) is 4.77. The SMILES string of the molecule is N#C/C(=C\c1ccc(OCc2ccncc2)cc1)c1ccc([N+](=O)[O-])cc1. The van der Waals surface area contributed by atoms with Crippen LogP contribution in [0.25, 0.3) is 11.6 Å². The number of aromatic nitrogens is 1. The molecule has 1 heterocycles. The van der Waals surface area contributed by atoms with Crippen molar-refractivity contribution in [3.63, 3.8) is 0 Å². The van der Waals surface area contributed by atoms with E-state index in [1.165, 1.54) is 12.1 Å². The number of hydrogen-bond acceptors (Lipinski definition) is 5. The van der Waals surface area contributed by atoms with Gasteiger partial charge in [0.05, 0.1) is 16.6 Å². The summed E-state index contributed by atoms with van der Waals surface area (Å²) >= 11 is 0. The second-order valence-electron chi connectivity index (χ2n) is 5.69. The van der Waals surface area contributed by atoms with E-state index in [0.717, 1.165) is 16.9 Å². The van der Waals surface area contributed by atoms with Crippen LogP contribution < -0.4 is 4.74 Å². The summed E-state index contributed by atoms with van der Waals surface area (Å²) < 4.78 is 5.72. The predicted octanol–water partition coefficient (Wildman–Crippen LogP) is 4.63. The van der Waals surface area contributed by atoms with Crippen LogP contribution in [0.1, 0.15) is 16.7 Å². The van der Waals surface area contributed by atoms with Gasteiger partial charge in [-0.15, -0.1) is 0 Å². The number of benzene rings is 2. The zero-order chi connectivity index (χ0) is 19.1. The van der Waals surface area contributed by atoms with Gasteiger partial charge in [-0.25, -0.2) is 0 Å². The maximum Gasteiger partial charge on any atom is 0.269 e. The highest BCUT2D eigenvalue weighted by molar-refractivity contribution is 5.89. The number of nitro groups is 1. The summed E-state index contributed by atoms with van der Waals surface area (Å²) in [5.74, 6) is 0.720. The fourth-order valence-corrected chi connectivity index (χ4v) is 2.42. The Kier molecular flexibility index (Phi) is 5.55. The highest BCUT2D eigenvalue weighted by atomic mass is 16.6. The average Bonchev–Trinajstić information content (AvgIpc) is 2.72. The quantitative estimate of drug-likeness (QED) is 0.278. The van der Waals surface area contributed by atoms with E-state index in [-0.39, 0.29) is 5.69 Å². The monoisotopic (exact) mass is 357 g/mol. The molecule has 0 aliphatic heterocycles. The number of rotatable bonds is 6. The van der Waals surface area contributed by atoms with Crippen molar-refractivity contribution in [3.05, 3.63) is 99.9 Å². The molecule has 6 nitrogen and oxygen atoms in total. The third-order valence-electron chi connectivity index (χ3n) is 3.86. The summed E-state index contributed by atoms with van der Waals surface area (Å²) in [5, 5.41) is 20.1. The number of nitriles is 1. The standard InChI is InChI=1S/C21H15N3O3/c22-14-19(18-3-5-20(6-4-18)24(25)26)13-16-1-7-21(8-2-16)27-15-17-9-11-23-12-10-17/h1-13H,15H2/b19-13+. The summed E-state index contributed by atoms with van der Waals surface area (Å²) in [7, 11) is 0. The van der Waals surface area contributed by atoms with Gasteiger partial charge < -0.3 is 4.74 Å². The number of pyridine rings is 1. The van der Waals surface area contributed by atoms with Crippen molar-refractivity contribution in [2.24, 2.45) is 0 Å². The van der Waals surface area contributed by atoms with Gasteiger partial charge in [-0.3, -0.25) is 15.1 Å². The van der Waals surface area contributed by atoms with E-state index in [1.807, 2.05) is 36.4 Å². The molecule has 0 aliphatic rings. The first kappa shape index (κ1) is 17.8. The molecule has 3 aromatic rings. The van der Waals surface area contributed by atoms with E-state index in [0.29, 0.717) is 17.7 Å². The van der Waals surface area contributed by atoms with Crippen molar-refractivity contribution in [2.75, 3.05) is 0 Å². The van der Waals surface area contributed by atoms with E-state index >= 15 is 0 Å². The Balaban J connectivity index is 1.71. The first-order valence-corrected chi connectivity index (χ1v) is 8.14. The largest absolute Gasteiger partial charge is 0.489 e. The highest BCUT2D eigenvalue weighted by Crippen LogP contribution is 2.22. The lowest BCUT2D eigenvalue weighted by Crippen LogP contribution is -1.95. The molecule has 27 heavy (non-hydrogen) atoms. The fourth-order valence-electron chi connectivity index (χ4n) is 2.42.